The number of aryl methyl sites for hydroxylation is 1. The predicted molar refractivity (Wildman–Crippen MR) is 73.2 cm³/mol. The lowest BCUT2D eigenvalue weighted by atomic mass is 10.2. The standard InChI is InChI=1S/C12H16N4O2S/c1-13-9-10-4-3-5-11(8-10)19(17,18)15-12-6-7-16(2)14-12/h3-8,13H,9H2,1-2H3,(H,14,15). The fraction of sp³-hybridized carbons (Fsp3) is 0.250. The van der Waals surface area contributed by atoms with E-state index in [1.807, 2.05) is 13.1 Å². The number of hydrogen-bond acceptors (Lipinski definition) is 4. The SMILES string of the molecule is CNCc1cccc(S(=O)(=O)Nc2ccn(C)n2)c1. The second kappa shape index (κ2) is 5.41. The number of nitrogens with zero attached hydrogens (tertiary/aromatic N) is 2. The maximum absolute atomic E-state index is 12.2. The van der Waals surface area contributed by atoms with Crippen molar-refractivity contribution in [2.75, 3.05) is 11.8 Å². The van der Waals surface area contributed by atoms with Crippen LogP contribution in [0.4, 0.5) is 5.82 Å². The summed E-state index contributed by atoms with van der Waals surface area (Å²) in [7, 11) is -0.0541. The van der Waals surface area contributed by atoms with E-state index in [0.717, 1.165) is 5.56 Å². The van der Waals surface area contributed by atoms with E-state index in [-0.39, 0.29) is 4.90 Å². The van der Waals surface area contributed by atoms with Gasteiger partial charge in [-0.2, -0.15) is 5.10 Å². The van der Waals surface area contributed by atoms with Crippen LogP contribution < -0.4 is 10.0 Å². The lowest BCUT2D eigenvalue weighted by molar-refractivity contribution is 0.600. The fourth-order valence-corrected chi connectivity index (χ4v) is 2.76. The number of anilines is 1. The van der Waals surface area contributed by atoms with Crippen LogP contribution in [0.2, 0.25) is 0 Å². The number of rotatable bonds is 5. The molecule has 1 aromatic heterocycles. The van der Waals surface area contributed by atoms with Gasteiger partial charge in [0.2, 0.25) is 0 Å². The largest absolute Gasteiger partial charge is 0.316 e. The van der Waals surface area contributed by atoms with Gasteiger partial charge in [-0.05, 0) is 24.7 Å². The van der Waals surface area contributed by atoms with E-state index in [0.29, 0.717) is 12.4 Å². The van der Waals surface area contributed by atoms with Gasteiger partial charge in [0.1, 0.15) is 0 Å². The maximum atomic E-state index is 12.2. The molecule has 0 spiro atoms. The zero-order valence-electron chi connectivity index (χ0n) is 10.8. The Morgan fingerprint density at radius 3 is 2.74 bits per heavy atom. The Bertz CT molecular complexity index is 664. The summed E-state index contributed by atoms with van der Waals surface area (Å²) in [5.74, 6) is 0.307. The summed E-state index contributed by atoms with van der Waals surface area (Å²) in [5.41, 5.74) is 0.909. The van der Waals surface area contributed by atoms with Crippen LogP contribution in [0.25, 0.3) is 0 Å². The molecule has 6 nitrogen and oxygen atoms in total. The van der Waals surface area contributed by atoms with E-state index in [1.165, 1.54) is 4.68 Å². The van der Waals surface area contributed by atoms with Crippen LogP contribution in [0.5, 0.6) is 0 Å². The smallest absolute Gasteiger partial charge is 0.263 e. The van der Waals surface area contributed by atoms with E-state index >= 15 is 0 Å². The van der Waals surface area contributed by atoms with Gasteiger partial charge in [0.05, 0.1) is 4.90 Å². The molecule has 0 saturated carbocycles. The van der Waals surface area contributed by atoms with Crippen molar-refractivity contribution in [1.29, 1.82) is 0 Å². The molecule has 2 aromatic rings. The summed E-state index contributed by atoms with van der Waals surface area (Å²) in [4.78, 5) is 0.228. The topological polar surface area (TPSA) is 76.0 Å². The molecule has 0 unspecified atom stereocenters. The van der Waals surface area contributed by atoms with Gasteiger partial charge in [-0.3, -0.25) is 9.40 Å². The van der Waals surface area contributed by atoms with Gasteiger partial charge >= 0.3 is 0 Å². The van der Waals surface area contributed by atoms with E-state index in [4.69, 9.17) is 0 Å². The number of nitrogens with one attached hydrogen (secondary N) is 2. The number of sulfonamides is 1. The highest BCUT2D eigenvalue weighted by molar-refractivity contribution is 7.92. The highest BCUT2D eigenvalue weighted by atomic mass is 32.2. The molecule has 19 heavy (non-hydrogen) atoms. The second-order valence-corrected chi connectivity index (χ2v) is 5.84. The maximum Gasteiger partial charge on any atom is 0.263 e. The summed E-state index contributed by atoms with van der Waals surface area (Å²) in [5, 5.41) is 6.98. The third kappa shape index (κ3) is 3.33. The van der Waals surface area contributed by atoms with Crippen molar-refractivity contribution in [3.05, 3.63) is 42.1 Å². The fourth-order valence-electron chi connectivity index (χ4n) is 1.69. The first-order valence-corrected chi connectivity index (χ1v) is 7.25. The average Bonchev–Trinajstić information content (AvgIpc) is 2.75. The number of aromatic nitrogens is 2. The van der Waals surface area contributed by atoms with Crippen molar-refractivity contribution in [1.82, 2.24) is 15.1 Å². The van der Waals surface area contributed by atoms with Crippen LogP contribution in [0, 0.1) is 0 Å². The van der Waals surface area contributed by atoms with Crippen LogP contribution in [0.15, 0.2) is 41.4 Å². The van der Waals surface area contributed by atoms with Crippen molar-refractivity contribution in [2.45, 2.75) is 11.4 Å². The molecule has 0 saturated heterocycles. The van der Waals surface area contributed by atoms with Crippen LogP contribution in [0.3, 0.4) is 0 Å². The van der Waals surface area contributed by atoms with Gasteiger partial charge in [-0.25, -0.2) is 8.42 Å². The summed E-state index contributed by atoms with van der Waals surface area (Å²) in [6, 6.07) is 8.40. The molecule has 0 aliphatic rings. The van der Waals surface area contributed by atoms with E-state index in [1.54, 1.807) is 37.5 Å². The van der Waals surface area contributed by atoms with E-state index in [9.17, 15) is 8.42 Å². The van der Waals surface area contributed by atoms with Crippen LogP contribution in [-0.4, -0.2) is 25.2 Å². The van der Waals surface area contributed by atoms with Crippen molar-refractivity contribution < 1.29 is 8.42 Å². The predicted octanol–water partition coefficient (Wildman–Crippen LogP) is 0.940. The van der Waals surface area contributed by atoms with Gasteiger partial charge in [0.15, 0.2) is 5.82 Å². The summed E-state index contributed by atoms with van der Waals surface area (Å²) in [6.45, 7) is 0.618. The third-order valence-corrected chi connectivity index (χ3v) is 3.89. The summed E-state index contributed by atoms with van der Waals surface area (Å²) < 4.78 is 28.4. The molecule has 2 N–H and O–H groups in total. The first kappa shape index (κ1) is 13.6. The van der Waals surface area contributed by atoms with E-state index in [2.05, 4.69) is 15.1 Å². The Morgan fingerprint density at radius 1 is 1.32 bits per heavy atom. The minimum Gasteiger partial charge on any atom is -0.316 e. The van der Waals surface area contributed by atoms with Crippen molar-refractivity contribution >= 4 is 15.8 Å². The zero-order valence-corrected chi connectivity index (χ0v) is 11.6. The molecule has 0 fully saturated rings. The highest BCUT2D eigenvalue weighted by Gasteiger charge is 2.15. The highest BCUT2D eigenvalue weighted by Crippen LogP contribution is 2.15. The molecule has 1 heterocycles. The summed E-state index contributed by atoms with van der Waals surface area (Å²) in [6.07, 6.45) is 1.68. The second-order valence-electron chi connectivity index (χ2n) is 4.16. The molecule has 2 rings (SSSR count). The molecule has 0 bridgehead atoms. The van der Waals surface area contributed by atoms with Gasteiger partial charge < -0.3 is 5.32 Å². The molecule has 1 aromatic carbocycles. The number of hydrogen-bond donors (Lipinski definition) is 2. The van der Waals surface area contributed by atoms with Gasteiger partial charge in [-0.15, -0.1) is 0 Å². The molecule has 0 amide bonds. The molecule has 102 valence electrons. The Morgan fingerprint density at radius 2 is 2.11 bits per heavy atom. The Kier molecular flexibility index (Phi) is 3.87. The quantitative estimate of drug-likeness (QED) is 0.854. The Hall–Kier alpha value is -1.86. The van der Waals surface area contributed by atoms with Crippen LogP contribution >= 0.6 is 0 Å². The third-order valence-electron chi connectivity index (χ3n) is 2.54. The molecular formula is C12H16N4O2S. The molecule has 0 atom stereocenters. The molecule has 0 radical (unpaired) electrons. The molecule has 0 aliphatic heterocycles. The molecular weight excluding hydrogens is 264 g/mol. The lowest BCUT2D eigenvalue weighted by Gasteiger charge is -2.07. The molecule has 0 aliphatic carbocycles. The lowest BCUT2D eigenvalue weighted by Crippen LogP contribution is -2.14. The van der Waals surface area contributed by atoms with Crippen molar-refractivity contribution in [3.63, 3.8) is 0 Å². The zero-order chi connectivity index (χ0) is 13.9. The first-order valence-electron chi connectivity index (χ1n) is 5.77. The normalized spacial score (nSPS) is 11.5. The van der Waals surface area contributed by atoms with Crippen molar-refractivity contribution in [2.24, 2.45) is 7.05 Å². The minimum absolute atomic E-state index is 0.228. The average molecular weight is 280 g/mol. The Balaban J connectivity index is 2.26. The minimum atomic E-state index is -3.59. The van der Waals surface area contributed by atoms with Gasteiger partial charge in [0.25, 0.3) is 10.0 Å². The first-order chi connectivity index (χ1) is 9.01. The summed E-state index contributed by atoms with van der Waals surface area (Å²) >= 11 is 0. The van der Waals surface area contributed by atoms with Crippen LogP contribution in [-0.2, 0) is 23.6 Å². The van der Waals surface area contributed by atoms with Crippen LogP contribution in [0.1, 0.15) is 5.56 Å². The molecule has 7 heteroatoms. The Labute approximate surface area is 112 Å². The van der Waals surface area contributed by atoms with Gasteiger partial charge in [-0.1, -0.05) is 12.1 Å². The number of benzene rings is 1. The van der Waals surface area contributed by atoms with Crippen molar-refractivity contribution in [3.8, 4) is 0 Å². The van der Waals surface area contributed by atoms with E-state index < -0.39 is 10.0 Å². The monoisotopic (exact) mass is 280 g/mol. The van der Waals surface area contributed by atoms with Gasteiger partial charge in [0, 0.05) is 25.9 Å².